The minimum Gasteiger partial charge on any atom is -0.464 e. The van der Waals surface area contributed by atoms with Crippen LogP contribution in [0.4, 0.5) is 4.79 Å². The lowest BCUT2D eigenvalue weighted by molar-refractivity contribution is -0.151. The third-order valence-electron chi connectivity index (χ3n) is 5.83. The Hall–Kier alpha value is -2.08. The lowest BCUT2D eigenvalue weighted by atomic mass is 9.74. The number of aliphatic hydroxyl groups is 1. The number of likely N-dealkylation sites (tertiary alicyclic amines) is 1. The summed E-state index contributed by atoms with van der Waals surface area (Å²) in [6.07, 6.45) is 1.13. The molecule has 0 bridgehead atoms. The van der Waals surface area contributed by atoms with Gasteiger partial charge in [-0.2, -0.15) is 0 Å². The molecule has 1 amide bonds. The number of hydrogen-bond acceptors (Lipinski definition) is 5. The molecule has 2 aliphatic rings. The lowest BCUT2D eigenvalue weighted by Crippen LogP contribution is -2.49. The molecule has 1 N–H and O–H groups in total. The Bertz CT molecular complexity index is 695. The summed E-state index contributed by atoms with van der Waals surface area (Å²) < 4.78 is 11.0. The van der Waals surface area contributed by atoms with Crippen molar-refractivity contribution in [2.75, 3.05) is 6.61 Å². The van der Waals surface area contributed by atoms with E-state index in [0.29, 0.717) is 0 Å². The number of aliphatic hydroxyl groups excluding tert-OH is 1. The van der Waals surface area contributed by atoms with Gasteiger partial charge in [0.25, 0.3) is 0 Å². The first-order chi connectivity index (χ1) is 13.3. The number of ether oxygens (including phenoxy) is 2. The van der Waals surface area contributed by atoms with Crippen LogP contribution < -0.4 is 0 Å². The minimum atomic E-state index is -0.911. The first-order valence-electron chi connectivity index (χ1n) is 10.1. The van der Waals surface area contributed by atoms with Crippen molar-refractivity contribution in [3.63, 3.8) is 0 Å². The summed E-state index contributed by atoms with van der Waals surface area (Å²) in [7, 11) is 0. The van der Waals surface area contributed by atoms with Gasteiger partial charge in [-0.1, -0.05) is 51.1 Å². The molecular formula is C22H31NO5. The van der Waals surface area contributed by atoms with Crippen molar-refractivity contribution in [3.8, 4) is 0 Å². The second kappa shape index (κ2) is 8.11. The average molecular weight is 389 g/mol. The number of carbonyl (C=O) groups excluding carboxylic acids is 2. The van der Waals surface area contributed by atoms with Crippen LogP contribution in [0.2, 0.25) is 0 Å². The highest BCUT2D eigenvalue weighted by Crippen LogP contribution is 2.48. The predicted octanol–water partition coefficient (Wildman–Crippen LogP) is 3.69. The third kappa shape index (κ3) is 3.88. The summed E-state index contributed by atoms with van der Waals surface area (Å²) in [4.78, 5) is 27.5. The SMILES string of the molecule is CCOC(=O)[C@H]1[C@H](C(C)(C)C)[C@@H](O)[C@@H](c2ccccc2)N1C(=O)OC1CCC1. The molecule has 0 aromatic heterocycles. The van der Waals surface area contributed by atoms with E-state index in [-0.39, 0.29) is 12.7 Å². The number of benzene rings is 1. The molecular weight excluding hydrogens is 358 g/mol. The van der Waals surface area contributed by atoms with Gasteiger partial charge in [-0.3, -0.25) is 4.90 Å². The molecule has 1 aliphatic carbocycles. The minimum absolute atomic E-state index is 0.113. The molecule has 28 heavy (non-hydrogen) atoms. The van der Waals surface area contributed by atoms with Gasteiger partial charge in [0, 0.05) is 5.92 Å². The van der Waals surface area contributed by atoms with Crippen LogP contribution in [0.1, 0.15) is 58.6 Å². The zero-order valence-electron chi connectivity index (χ0n) is 17.1. The van der Waals surface area contributed by atoms with E-state index >= 15 is 0 Å². The van der Waals surface area contributed by atoms with Crippen LogP contribution in [0.15, 0.2) is 30.3 Å². The van der Waals surface area contributed by atoms with E-state index < -0.39 is 41.6 Å². The van der Waals surface area contributed by atoms with Gasteiger partial charge in [-0.15, -0.1) is 0 Å². The fraction of sp³-hybridized carbons (Fsp3) is 0.636. The number of carbonyl (C=O) groups is 2. The second-order valence-electron chi connectivity index (χ2n) is 8.78. The summed E-state index contributed by atoms with van der Waals surface area (Å²) in [6.45, 7) is 7.85. The van der Waals surface area contributed by atoms with Gasteiger partial charge < -0.3 is 14.6 Å². The number of nitrogens with zero attached hydrogens (tertiary/aromatic N) is 1. The lowest BCUT2D eigenvalue weighted by Gasteiger charge is -2.35. The summed E-state index contributed by atoms with van der Waals surface area (Å²) in [5.74, 6) is -0.976. The highest BCUT2D eigenvalue weighted by Gasteiger charge is 2.58. The summed E-state index contributed by atoms with van der Waals surface area (Å²) in [5.41, 5.74) is 0.358. The number of amides is 1. The Morgan fingerprint density at radius 2 is 1.82 bits per heavy atom. The molecule has 0 unspecified atom stereocenters. The van der Waals surface area contributed by atoms with Crippen molar-refractivity contribution in [2.45, 2.75) is 71.2 Å². The molecule has 6 nitrogen and oxygen atoms in total. The van der Waals surface area contributed by atoms with E-state index in [9.17, 15) is 14.7 Å². The average Bonchev–Trinajstić information content (AvgIpc) is 2.92. The molecule has 1 saturated heterocycles. The highest BCUT2D eigenvalue weighted by molar-refractivity contribution is 5.83. The van der Waals surface area contributed by atoms with Crippen LogP contribution in [0.5, 0.6) is 0 Å². The quantitative estimate of drug-likeness (QED) is 0.795. The standard InChI is InChI=1S/C22H31NO5/c1-5-27-20(25)18-16(22(2,3)4)19(24)17(14-10-7-6-8-11-14)23(18)21(26)28-15-12-9-13-15/h6-8,10-11,15-19,24H,5,9,12-13H2,1-4H3/t16-,17+,18+,19+/m0/s1. The molecule has 6 heteroatoms. The molecule has 1 aromatic carbocycles. The fourth-order valence-corrected chi connectivity index (χ4v) is 4.29. The fourth-order valence-electron chi connectivity index (χ4n) is 4.29. The molecule has 3 rings (SSSR count). The van der Waals surface area contributed by atoms with Crippen LogP contribution >= 0.6 is 0 Å². The molecule has 1 aliphatic heterocycles. The van der Waals surface area contributed by atoms with Crippen LogP contribution in [0.3, 0.4) is 0 Å². The van der Waals surface area contributed by atoms with Gasteiger partial charge >= 0.3 is 12.1 Å². The van der Waals surface area contributed by atoms with Crippen molar-refractivity contribution >= 4 is 12.1 Å². The van der Waals surface area contributed by atoms with E-state index in [1.54, 1.807) is 6.92 Å². The number of rotatable bonds is 4. The van der Waals surface area contributed by atoms with Gasteiger partial charge in [0.05, 0.1) is 18.8 Å². The van der Waals surface area contributed by atoms with E-state index in [4.69, 9.17) is 9.47 Å². The van der Waals surface area contributed by atoms with Crippen molar-refractivity contribution in [2.24, 2.45) is 11.3 Å². The molecule has 154 valence electrons. The van der Waals surface area contributed by atoms with Gasteiger partial charge in [0.2, 0.25) is 0 Å². The highest BCUT2D eigenvalue weighted by atomic mass is 16.6. The van der Waals surface area contributed by atoms with Gasteiger partial charge in [-0.05, 0) is 37.2 Å². The maximum Gasteiger partial charge on any atom is 0.411 e. The second-order valence-corrected chi connectivity index (χ2v) is 8.78. The van der Waals surface area contributed by atoms with Crippen LogP contribution in [-0.4, -0.2) is 46.9 Å². The zero-order chi connectivity index (χ0) is 20.5. The Labute approximate surface area is 166 Å². The van der Waals surface area contributed by atoms with Gasteiger partial charge in [0.15, 0.2) is 0 Å². The van der Waals surface area contributed by atoms with Crippen LogP contribution in [0, 0.1) is 11.3 Å². The first-order valence-corrected chi connectivity index (χ1v) is 10.1. The first kappa shape index (κ1) is 20.6. The normalized spacial score (nSPS) is 28.0. The zero-order valence-corrected chi connectivity index (χ0v) is 17.1. The monoisotopic (exact) mass is 389 g/mol. The maximum atomic E-state index is 13.2. The molecule has 0 radical (unpaired) electrons. The summed E-state index contributed by atoms with van der Waals surface area (Å²) in [5, 5.41) is 11.3. The molecule has 0 spiro atoms. The molecule has 2 fully saturated rings. The third-order valence-corrected chi connectivity index (χ3v) is 5.83. The van der Waals surface area contributed by atoms with Gasteiger partial charge in [-0.25, -0.2) is 9.59 Å². The van der Waals surface area contributed by atoms with E-state index in [1.807, 2.05) is 51.1 Å². The molecule has 1 heterocycles. The number of hydrogen-bond donors (Lipinski definition) is 1. The largest absolute Gasteiger partial charge is 0.464 e. The summed E-state index contributed by atoms with van der Waals surface area (Å²) >= 11 is 0. The Kier molecular flexibility index (Phi) is 5.98. The number of esters is 1. The van der Waals surface area contributed by atoms with E-state index in [1.165, 1.54) is 4.90 Å². The summed E-state index contributed by atoms with van der Waals surface area (Å²) in [6, 6.07) is 7.78. The Balaban J connectivity index is 2.04. The van der Waals surface area contributed by atoms with Crippen LogP contribution in [0.25, 0.3) is 0 Å². The van der Waals surface area contributed by atoms with Crippen molar-refractivity contribution in [1.29, 1.82) is 0 Å². The van der Waals surface area contributed by atoms with E-state index in [2.05, 4.69) is 0 Å². The topological polar surface area (TPSA) is 76.1 Å². The molecule has 1 saturated carbocycles. The Morgan fingerprint density at radius 3 is 2.32 bits per heavy atom. The molecule has 1 aromatic rings. The Morgan fingerprint density at radius 1 is 1.18 bits per heavy atom. The van der Waals surface area contributed by atoms with Crippen LogP contribution in [-0.2, 0) is 14.3 Å². The van der Waals surface area contributed by atoms with E-state index in [0.717, 1.165) is 24.8 Å². The predicted molar refractivity (Wildman–Crippen MR) is 105 cm³/mol. The smallest absolute Gasteiger partial charge is 0.411 e. The van der Waals surface area contributed by atoms with Crippen molar-refractivity contribution in [1.82, 2.24) is 4.90 Å². The van der Waals surface area contributed by atoms with Gasteiger partial charge in [0.1, 0.15) is 12.1 Å². The van der Waals surface area contributed by atoms with Crippen molar-refractivity contribution in [3.05, 3.63) is 35.9 Å². The molecule has 4 atom stereocenters. The maximum absolute atomic E-state index is 13.2. The van der Waals surface area contributed by atoms with Crippen molar-refractivity contribution < 1.29 is 24.2 Å².